The molecule has 1 aromatic rings. The molecule has 5 nitrogen and oxygen atoms in total. The van der Waals surface area contributed by atoms with E-state index in [0.717, 1.165) is 0 Å². The van der Waals surface area contributed by atoms with Crippen LogP contribution in [0.25, 0.3) is 0 Å². The van der Waals surface area contributed by atoms with Crippen molar-refractivity contribution in [3.8, 4) is 6.07 Å². The lowest BCUT2D eigenvalue weighted by Gasteiger charge is -2.08. The summed E-state index contributed by atoms with van der Waals surface area (Å²) in [4.78, 5) is 22.8. The van der Waals surface area contributed by atoms with Gasteiger partial charge < -0.3 is 10.6 Å². The monoisotopic (exact) mass is 245 g/mol. The van der Waals surface area contributed by atoms with Gasteiger partial charge in [0.05, 0.1) is 18.2 Å². The number of nitriles is 1. The summed E-state index contributed by atoms with van der Waals surface area (Å²) in [6.07, 6.45) is 0. The third kappa shape index (κ3) is 4.26. The molecule has 1 rings (SSSR count). The fourth-order valence-corrected chi connectivity index (χ4v) is 1.21. The number of anilines is 1. The molecule has 5 heteroatoms. The Morgan fingerprint density at radius 3 is 2.72 bits per heavy atom. The normalized spacial score (nSPS) is 9.67. The van der Waals surface area contributed by atoms with Gasteiger partial charge in [-0.3, -0.25) is 4.79 Å². The van der Waals surface area contributed by atoms with Crippen LogP contribution in [0.4, 0.5) is 10.5 Å². The molecule has 0 unspecified atom stereocenters. The van der Waals surface area contributed by atoms with E-state index in [9.17, 15) is 9.59 Å². The zero-order valence-corrected chi connectivity index (χ0v) is 10.4. The molecule has 0 saturated heterocycles. The van der Waals surface area contributed by atoms with E-state index in [1.165, 1.54) is 0 Å². The molecule has 0 heterocycles. The second kappa shape index (κ2) is 6.40. The fourth-order valence-electron chi connectivity index (χ4n) is 1.21. The number of nitrogens with zero attached hydrogens (tertiary/aromatic N) is 1. The van der Waals surface area contributed by atoms with Crippen molar-refractivity contribution in [2.75, 3.05) is 11.9 Å². The number of hydrogen-bond acceptors (Lipinski definition) is 3. The highest BCUT2D eigenvalue weighted by Gasteiger charge is 2.09. The largest absolute Gasteiger partial charge is 0.331 e. The van der Waals surface area contributed by atoms with Gasteiger partial charge in [0, 0.05) is 11.6 Å². The van der Waals surface area contributed by atoms with Gasteiger partial charge in [-0.1, -0.05) is 19.9 Å². The minimum Gasteiger partial charge on any atom is -0.331 e. The van der Waals surface area contributed by atoms with E-state index in [1.54, 1.807) is 38.1 Å². The highest BCUT2D eigenvalue weighted by molar-refractivity contribution is 5.93. The zero-order chi connectivity index (χ0) is 13.5. The molecule has 0 aliphatic heterocycles. The molecule has 2 amide bonds. The predicted octanol–water partition coefficient (Wildman–Crippen LogP) is 1.90. The van der Waals surface area contributed by atoms with E-state index >= 15 is 0 Å². The molecule has 18 heavy (non-hydrogen) atoms. The molecule has 0 saturated carbocycles. The number of benzene rings is 1. The lowest BCUT2D eigenvalue weighted by atomic mass is 10.1. The van der Waals surface area contributed by atoms with Crippen LogP contribution >= 0.6 is 0 Å². The number of ketones is 1. The third-order valence-electron chi connectivity index (χ3n) is 2.32. The second-order valence-corrected chi connectivity index (χ2v) is 4.12. The Kier molecular flexibility index (Phi) is 4.88. The van der Waals surface area contributed by atoms with E-state index in [-0.39, 0.29) is 18.2 Å². The van der Waals surface area contributed by atoms with Gasteiger partial charge in [-0.15, -0.1) is 0 Å². The quantitative estimate of drug-likeness (QED) is 0.850. The average molecular weight is 245 g/mol. The number of carbonyl (C=O) groups is 2. The van der Waals surface area contributed by atoms with E-state index in [0.29, 0.717) is 11.3 Å². The molecule has 0 aromatic heterocycles. The molecule has 0 fully saturated rings. The molecule has 94 valence electrons. The van der Waals surface area contributed by atoms with Gasteiger partial charge in [0.25, 0.3) is 0 Å². The van der Waals surface area contributed by atoms with Crippen molar-refractivity contribution < 1.29 is 9.59 Å². The van der Waals surface area contributed by atoms with Crippen molar-refractivity contribution in [1.82, 2.24) is 5.32 Å². The first kappa shape index (κ1) is 13.7. The topological polar surface area (TPSA) is 82.0 Å². The van der Waals surface area contributed by atoms with Crippen molar-refractivity contribution in [3.05, 3.63) is 29.8 Å². The molecule has 0 aliphatic rings. The van der Waals surface area contributed by atoms with Crippen LogP contribution in [0.5, 0.6) is 0 Å². The van der Waals surface area contributed by atoms with E-state index < -0.39 is 6.03 Å². The summed E-state index contributed by atoms with van der Waals surface area (Å²) >= 11 is 0. The Labute approximate surface area is 106 Å². The highest BCUT2D eigenvalue weighted by Crippen LogP contribution is 2.09. The lowest BCUT2D eigenvalue weighted by Crippen LogP contribution is -2.34. The first-order valence-electron chi connectivity index (χ1n) is 5.60. The van der Waals surface area contributed by atoms with Crippen LogP contribution in [0, 0.1) is 17.2 Å². The summed E-state index contributed by atoms with van der Waals surface area (Å²) in [5.74, 6) is -0.136. The molecule has 1 aromatic carbocycles. The number of nitrogens with one attached hydrogen (secondary N) is 2. The Morgan fingerprint density at radius 2 is 2.11 bits per heavy atom. The van der Waals surface area contributed by atoms with Crippen LogP contribution in [-0.4, -0.2) is 18.4 Å². The van der Waals surface area contributed by atoms with Crippen molar-refractivity contribution in [3.63, 3.8) is 0 Å². The van der Waals surface area contributed by atoms with E-state index in [4.69, 9.17) is 5.26 Å². The molecule has 0 atom stereocenters. The van der Waals surface area contributed by atoms with Gasteiger partial charge in [-0.05, 0) is 18.2 Å². The molecule has 2 N–H and O–H groups in total. The molecule has 0 spiro atoms. The Balaban J connectivity index is 2.50. The SMILES string of the molecule is CC(C)C(=O)CNC(=O)Nc1cccc(C#N)c1. The van der Waals surface area contributed by atoms with Gasteiger partial charge >= 0.3 is 6.03 Å². The first-order chi connectivity index (χ1) is 8.52. The molecular weight excluding hydrogens is 230 g/mol. The summed E-state index contributed by atoms with van der Waals surface area (Å²) in [6.45, 7) is 3.55. The maximum atomic E-state index is 11.5. The van der Waals surface area contributed by atoms with Crippen LogP contribution in [0.3, 0.4) is 0 Å². The fraction of sp³-hybridized carbons (Fsp3) is 0.308. The van der Waals surface area contributed by atoms with Crippen LogP contribution in [0.15, 0.2) is 24.3 Å². The number of urea groups is 1. The van der Waals surface area contributed by atoms with Gasteiger partial charge in [0.1, 0.15) is 0 Å². The van der Waals surface area contributed by atoms with Crippen LogP contribution in [0.1, 0.15) is 19.4 Å². The van der Waals surface area contributed by atoms with Crippen molar-refractivity contribution in [2.24, 2.45) is 5.92 Å². The smallest absolute Gasteiger partial charge is 0.319 e. The number of Topliss-reactive ketones (excluding diaryl/α,β-unsaturated/α-hetero) is 1. The lowest BCUT2D eigenvalue weighted by molar-refractivity contribution is -0.120. The first-order valence-corrected chi connectivity index (χ1v) is 5.60. The Hall–Kier alpha value is -2.35. The number of rotatable bonds is 4. The molecule has 0 radical (unpaired) electrons. The predicted molar refractivity (Wildman–Crippen MR) is 68.0 cm³/mol. The summed E-state index contributed by atoms with van der Waals surface area (Å²) in [6, 6.07) is 8.07. The van der Waals surface area contributed by atoms with Gasteiger partial charge in [0.2, 0.25) is 0 Å². The van der Waals surface area contributed by atoms with Crippen molar-refractivity contribution in [1.29, 1.82) is 5.26 Å². The second-order valence-electron chi connectivity index (χ2n) is 4.12. The van der Waals surface area contributed by atoms with Crippen LogP contribution in [-0.2, 0) is 4.79 Å². The van der Waals surface area contributed by atoms with Gasteiger partial charge in [0.15, 0.2) is 5.78 Å². The Morgan fingerprint density at radius 1 is 1.39 bits per heavy atom. The van der Waals surface area contributed by atoms with Gasteiger partial charge in [-0.25, -0.2) is 4.79 Å². The van der Waals surface area contributed by atoms with E-state index in [2.05, 4.69) is 10.6 Å². The third-order valence-corrected chi connectivity index (χ3v) is 2.32. The number of amides is 2. The number of hydrogen-bond donors (Lipinski definition) is 2. The summed E-state index contributed by atoms with van der Waals surface area (Å²) in [5, 5.41) is 13.7. The maximum absolute atomic E-state index is 11.5. The van der Waals surface area contributed by atoms with Crippen LogP contribution in [0.2, 0.25) is 0 Å². The minimum absolute atomic E-state index is 0.00143. The highest BCUT2D eigenvalue weighted by atomic mass is 16.2. The van der Waals surface area contributed by atoms with Crippen LogP contribution < -0.4 is 10.6 Å². The molecule has 0 bridgehead atoms. The maximum Gasteiger partial charge on any atom is 0.319 e. The van der Waals surface area contributed by atoms with E-state index in [1.807, 2.05) is 6.07 Å². The average Bonchev–Trinajstić information content (AvgIpc) is 2.36. The molecule has 0 aliphatic carbocycles. The Bertz CT molecular complexity index is 489. The summed E-state index contributed by atoms with van der Waals surface area (Å²) < 4.78 is 0. The molecular formula is C13H15N3O2. The number of carbonyl (C=O) groups excluding carboxylic acids is 2. The van der Waals surface area contributed by atoms with Crippen molar-refractivity contribution >= 4 is 17.5 Å². The zero-order valence-electron chi connectivity index (χ0n) is 10.4. The standard InChI is InChI=1S/C13H15N3O2/c1-9(2)12(17)8-15-13(18)16-11-5-3-4-10(6-11)7-14/h3-6,9H,8H2,1-2H3,(H2,15,16,18). The minimum atomic E-state index is -0.459. The summed E-state index contributed by atoms with van der Waals surface area (Å²) in [7, 11) is 0. The van der Waals surface area contributed by atoms with Crippen molar-refractivity contribution in [2.45, 2.75) is 13.8 Å². The summed E-state index contributed by atoms with van der Waals surface area (Å²) in [5.41, 5.74) is 0.981. The van der Waals surface area contributed by atoms with Gasteiger partial charge in [-0.2, -0.15) is 5.26 Å².